The lowest BCUT2D eigenvalue weighted by Crippen LogP contribution is -2.63. The summed E-state index contributed by atoms with van der Waals surface area (Å²) in [6.07, 6.45) is 0. The smallest absolute Gasteiger partial charge is 0.270 e. The van der Waals surface area contributed by atoms with Crippen LogP contribution >= 0.6 is 0 Å². The second-order valence-electron chi connectivity index (χ2n) is 7.45. The van der Waals surface area contributed by atoms with E-state index in [0.717, 1.165) is 11.8 Å². The zero-order valence-corrected chi connectivity index (χ0v) is 16.1. The Balaban J connectivity index is 2.17. The van der Waals surface area contributed by atoms with E-state index in [9.17, 15) is 18.0 Å². The van der Waals surface area contributed by atoms with E-state index >= 15 is 0 Å². The Bertz CT molecular complexity index is 943. The van der Waals surface area contributed by atoms with E-state index in [0.29, 0.717) is 11.0 Å². The first-order valence-corrected chi connectivity index (χ1v) is 8.85. The second kappa shape index (κ2) is 6.69. The van der Waals surface area contributed by atoms with Crippen molar-refractivity contribution in [2.24, 2.45) is 0 Å². The summed E-state index contributed by atoms with van der Waals surface area (Å²) in [5.41, 5.74) is -0.301. The van der Waals surface area contributed by atoms with Gasteiger partial charge in [0.25, 0.3) is 5.92 Å². The average Bonchev–Trinajstić information content (AvgIpc) is 2.62. The molecule has 1 aliphatic heterocycles. The molecule has 3 rings (SSSR count). The summed E-state index contributed by atoms with van der Waals surface area (Å²) < 4.78 is 42.1. The van der Waals surface area contributed by atoms with Gasteiger partial charge in [-0.2, -0.15) is 0 Å². The maximum absolute atomic E-state index is 15.0. The van der Waals surface area contributed by atoms with Crippen molar-refractivity contribution >= 4 is 25.2 Å². The zero-order chi connectivity index (χ0) is 20.9. The maximum atomic E-state index is 15.0. The molecule has 1 heterocycles. The summed E-state index contributed by atoms with van der Waals surface area (Å²) in [4.78, 5) is 14.2. The molecule has 2 N–H and O–H groups in total. The molecule has 0 spiro atoms. The van der Waals surface area contributed by atoms with E-state index < -0.39 is 29.1 Å². The van der Waals surface area contributed by atoms with Crippen LogP contribution in [0.25, 0.3) is 0 Å². The lowest BCUT2D eigenvalue weighted by atomic mass is 9.72. The van der Waals surface area contributed by atoms with Crippen LogP contribution in [0.1, 0.15) is 36.5 Å². The molecule has 1 fully saturated rings. The summed E-state index contributed by atoms with van der Waals surface area (Å²) in [6, 6.07) is 10.4. The van der Waals surface area contributed by atoms with Crippen molar-refractivity contribution in [3.05, 3.63) is 65.0 Å². The van der Waals surface area contributed by atoms with Gasteiger partial charge in [-0.05, 0) is 12.5 Å². The van der Waals surface area contributed by atoms with E-state index in [2.05, 4.69) is 5.32 Å². The number of guanidine groups is 1. The summed E-state index contributed by atoms with van der Waals surface area (Å²) in [5.74, 6) is -4.94. The topological polar surface area (TPSA) is 56.2 Å². The lowest BCUT2D eigenvalue weighted by Gasteiger charge is -2.46. The quantitative estimate of drug-likeness (QED) is 0.794. The van der Waals surface area contributed by atoms with Crippen molar-refractivity contribution in [2.45, 2.75) is 31.2 Å². The molecule has 0 aromatic heterocycles. The van der Waals surface area contributed by atoms with E-state index in [1.165, 1.54) is 31.3 Å². The predicted octanol–water partition coefficient (Wildman–Crippen LogP) is 2.19. The summed E-state index contributed by atoms with van der Waals surface area (Å²) >= 11 is 0. The van der Waals surface area contributed by atoms with Crippen LogP contribution < -0.4 is 10.8 Å². The molecule has 0 saturated carbocycles. The summed E-state index contributed by atoms with van der Waals surface area (Å²) in [5, 5.41) is 11.0. The van der Waals surface area contributed by atoms with E-state index in [1.807, 2.05) is 0 Å². The van der Waals surface area contributed by atoms with Gasteiger partial charge in [0, 0.05) is 25.1 Å². The highest BCUT2D eigenvalue weighted by atomic mass is 19.3. The van der Waals surface area contributed by atoms with Gasteiger partial charge in [-0.15, -0.1) is 0 Å². The van der Waals surface area contributed by atoms with Crippen molar-refractivity contribution in [2.75, 3.05) is 7.05 Å². The normalized spacial score (nSPS) is 22.9. The average molecular weight is 387 g/mol. The standard InChI is InChI=1S/C20H21BF3N3O/c1-19(13-5-4-6-14(21)16(13)22)15(17(28)27(3)18(25)26-19)11-7-9-12(10-8-11)20(2,23)24/h4-10,15H,21H2,1-3H3,(H2,25,26)/t15-,19+/m0/s1. The summed E-state index contributed by atoms with van der Waals surface area (Å²) in [6.45, 7) is 2.45. The Kier molecular flexibility index (Phi) is 4.77. The molecular formula is C20H21BF3N3O. The molecule has 0 unspecified atom stereocenters. The molecule has 146 valence electrons. The van der Waals surface area contributed by atoms with Gasteiger partial charge < -0.3 is 5.32 Å². The second-order valence-corrected chi connectivity index (χ2v) is 7.45. The first-order chi connectivity index (χ1) is 13.0. The molecule has 1 saturated heterocycles. The number of rotatable bonds is 3. The molecule has 28 heavy (non-hydrogen) atoms. The molecule has 2 aromatic carbocycles. The Morgan fingerprint density at radius 2 is 1.82 bits per heavy atom. The highest BCUT2D eigenvalue weighted by molar-refractivity contribution is 6.32. The van der Waals surface area contributed by atoms with E-state index in [-0.39, 0.29) is 17.1 Å². The summed E-state index contributed by atoms with van der Waals surface area (Å²) in [7, 11) is 3.07. The van der Waals surface area contributed by atoms with Crippen molar-refractivity contribution in [3.8, 4) is 0 Å². The van der Waals surface area contributed by atoms with Crippen LogP contribution in [0.2, 0.25) is 0 Å². The van der Waals surface area contributed by atoms with Crippen molar-refractivity contribution < 1.29 is 18.0 Å². The van der Waals surface area contributed by atoms with Gasteiger partial charge in [0.05, 0.1) is 11.5 Å². The van der Waals surface area contributed by atoms with Crippen LogP contribution in [0.4, 0.5) is 13.2 Å². The van der Waals surface area contributed by atoms with Crippen molar-refractivity contribution in [1.29, 1.82) is 5.41 Å². The number of hydrogen-bond donors (Lipinski definition) is 2. The number of nitrogens with zero attached hydrogens (tertiary/aromatic N) is 1. The molecule has 8 heteroatoms. The third-order valence-electron chi connectivity index (χ3n) is 5.37. The highest BCUT2D eigenvalue weighted by Crippen LogP contribution is 2.42. The largest absolute Gasteiger partial charge is 0.346 e. The van der Waals surface area contributed by atoms with Crippen LogP contribution in [-0.4, -0.2) is 31.7 Å². The number of halogens is 3. The number of hydrogen-bond acceptors (Lipinski definition) is 2. The van der Waals surface area contributed by atoms with Gasteiger partial charge in [0.15, 0.2) is 5.96 Å². The molecule has 0 bridgehead atoms. The van der Waals surface area contributed by atoms with E-state index in [4.69, 9.17) is 5.41 Å². The number of amides is 1. The van der Waals surface area contributed by atoms with Gasteiger partial charge in [0.2, 0.25) is 5.91 Å². The number of carbonyl (C=O) groups excluding carboxylic acids is 1. The number of likely N-dealkylation sites (N-methyl/N-ethyl adjacent to an activating group) is 1. The first kappa shape index (κ1) is 20.0. The van der Waals surface area contributed by atoms with E-state index in [1.54, 1.807) is 33.0 Å². The first-order valence-electron chi connectivity index (χ1n) is 8.85. The monoisotopic (exact) mass is 387 g/mol. The molecule has 1 amide bonds. The molecule has 1 aliphatic rings. The van der Waals surface area contributed by atoms with Crippen LogP contribution in [-0.2, 0) is 16.3 Å². The third kappa shape index (κ3) is 3.17. The van der Waals surface area contributed by atoms with Crippen molar-refractivity contribution in [3.63, 3.8) is 0 Å². The minimum absolute atomic E-state index is 0.152. The van der Waals surface area contributed by atoms with Crippen LogP contribution in [0.15, 0.2) is 42.5 Å². The molecule has 0 aliphatic carbocycles. The molecular weight excluding hydrogens is 366 g/mol. The van der Waals surface area contributed by atoms with Crippen LogP contribution in [0.5, 0.6) is 0 Å². The fourth-order valence-electron chi connectivity index (χ4n) is 3.67. The number of carbonyl (C=O) groups is 1. The van der Waals surface area contributed by atoms with Crippen LogP contribution in [0, 0.1) is 11.2 Å². The van der Waals surface area contributed by atoms with Gasteiger partial charge >= 0.3 is 0 Å². The van der Waals surface area contributed by atoms with Gasteiger partial charge in [-0.1, -0.05) is 47.9 Å². The highest BCUT2D eigenvalue weighted by Gasteiger charge is 2.49. The van der Waals surface area contributed by atoms with Crippen molar-refractivity contribution in [1.82, 2.24) is 10.2 Å². The SMILES string of the molecule is Bc1cccc([C@@]2(C)NC(=N)N(C)C(=O)[C@@H]2c2ccc(C(C)(F)F)cc2)c1F. The predicted molar refractivity (Wildman–Crippen MR) is 104 cm³/mol. The zero-order valence-electron chi connectivity index (χ0n) is 16.1. The van der Waals surface area contributed by atoms with Gasteiger partial charge in [-0.3, -0.25) is 15.1 Å². The Labute approximate surface area is 162 Å². The maximum Gasteiger partial charge on any atom is 0.270 e. The molecule has 2 atom stereocenters. The number of alkyl halides is 2. The number of nitrogens with one attached hydrogen (secondary N) is 2. The lowest BCUT2D eigenvalue weighted by molar-refractivity contribution is -0.131. The third-order valence-corrected chi connectivity index (χ3v) is 5.37. The molecule has 0 radical (unpaired) electrons. The van der Waals surface area contributed by atoms with Gasteiger partial charge in [0.1, 0.15) is 13.7 Å². The number of benzene rings is 2. The fourth-order valence-corrected chi connectivity index (χ4v) is 3.67. The van der Waals surface area contributed by atoms with Crippen LogP contribution in [0.3, 0.4) is 0 Å². The van der Waals surface area contributed by atoms with Gasteiger partial charge in [-0.25, -0.2) is 13.2 Å². The Hall–Kier alpha value is -2.77. The molecule has 2 aromatic rings. The molecule has 4 nitrogen and oxygen atoms in total. The fraction of sp³-hybridized carbons (Fsp3) is 0.300. The minimum Gasteiger partial charge on any atom is -0.346 e. The minimum atomic E-state index is -3.00. The Morgan fingerprint density at radius 1 is 1.21 bits per heavy atom. The Morgan fingerprint density at radius 3 is 2.39 bits per heavy atom.